The lowest BCUT2D eigenvalue weighted by Crippen LogP contribution is -2.37. The third kappa shape index (κ3) is 3.68. The summed E-state index contributed by atoms with van der Waals surface area (Å²) in [5, 5.41) is 4.78. The zero-order valence-electron chi connectivity index (χ0n) is 15.2. The number of benzene rings is 1. The summed E-state index contributed by atoms with van der Waals surface area (Å²) < 4.78 is 27.6. The van der Waals surface area contributed by atoms with Gasteiger partial charge in [-0.3, -0.25) is 4.79 Å². The Bertz CT molecular complexity index is 930. The van der Waals surface area contributed by atoms with Crippen LogP contribution in [-0.4, -0.2) is 31.7 Å². The molecule has 144 valence electrons. The van der Waals surface area contributed by atoms with Crippen LogP contribution in [0.4, 0.5) is 0 Å². The highest BCUT2D eigenvalue weighted by molar-refractivity contribution is 7.89. The third-order valence-corrected chi connectivity index (χ3v) is 8.43. The highest BCUT2D eigenvalue weighted by Gasteiger charge is 2.32. The van der Waals surface area contributed by atoms with Crippen LogP contribution >= 0.6 is 11.3 Å². The predicted octanol–water partition coefficient (Wildman–Crippen LogP) is 3.73. The molecule has 5 nitrogen and oxygen atoms in total. The first kappa shape index (κ1) is 18.7. The number of nitrogens with one attached hydrogen (secondary N) is 1. The van der Waals surface area contributed by atoms with E-state index < -0.39 is 10.0 Å². The van der Waals surface area contributed by atoms with Crippen molar-refractivity contribution in [1.82, 2.24) is 9.62 Å². The highest BCUT2D eigenvalue weighted by atomic mass is 32.2. The lowest BCUT2D eigenvalue weighted by atomic mass is 9.88. The number of piperidine rings is 1. The number of carbonyl (C=O) groups is 1. The van der Waals surface area contributed by atoms with E-state index in [9.17, 15) is 13.2 Å². The second-order valence-corrected chi connectivity index (χ2v) is 10.0. The van der Waals surface area contributed by atoms with Crippen LogP contribution < -0.4 is 5.32 Å². The molecule has 2 aliphatic rings. The zero-order chi connectivity index (χ0) is 18.9. The van der Waals surface area contributed by atoms with E-state index in [0.717, 1.165) is 44.1 Å². The average molecular weight is 405 g/mol. The summed E-state index contributed by atoms with van der Waals surface area (Å²) in [7, 11) is -3.61. The van der Waals surface area contributed by atoms with Crippen LogP contribution in [0.3, 0.4) is 0 Å². The van der Waals surface area contributed by atoms with E-state index in [-0.39, 0.29) is 16.8 Å². The van der Waals surface area contributed by atoms with Crippen molar-refractivity contribution in [3.05, 3.63) is 51.7 Å². The molecule has 1 amide bonds. The van der Waals surface area contributed by atoms with Gasteiger partial charge in [-0.2, -0.15) is 4.31 Å². The second kappa shape index (κ2) is 7.73. The smallest absolute Gasteiger partial charge is 0.263 e. The Balaban J connectivity index is 1.57. The largest absolute Gasteiger partial charge is 0.344 e. The van der Waals surface area contributed by atoms with Crippen molar-refractivity contribution in [3.63, 3.8) is 0 Å². The fourth-order valence-electron chi connectivity index (χ4n) is 4.04. The summed E-state index contributed by atoms with van der Waals surface area (Å²) in [5.74, 6) is -0.290. The van der Waals surface area contributed by atoms with Crippen molar-refractivity contribution in [2.75, 3.05) is 13.1 Å². The Labute approximate surface area is 164 Å². The Morgan fingerprint density at radius 3 is 2.67 bits per heavy atom. The predicted molar refractivity (Wildman–Crippen MR) is 107 cm³/mol. The number of amides is 1. The van der Waals surface area contributed by atoms with Crippen molar-refractivity contribution in [1.29, 1.82) is 0 Å². The average Bonchev–Trinajstić information content (AvgIpc) is 3.20. The Morgan fingerprint density at radius 1 is 1.07 bits per heavy atom. The summed E-state index contributed by atoms with van der Waals surface area (Å²) in [6, 6.07) is 9.67. The van der Waals surface area contributed by atoms with Gasteiger partial charge in [0.1, 0.15) is 9.77 Å². The summed E-state index contributed by atoms with van der Waals surface area (Å²) in [5.41, 5.74) is 2.41. The number of hydrogen-bond acceptors (Lipinski definition) is 4. The molecule has 0 bridgehead atoms. The van der Waals surface area contributed by atoms with Crippen LogP contribution in [0.1, 0.15) is 58.9 Å². The molecule has 1 N–H and O–H groups in total. The monoisotopic (exact) mass is 404 g/mol. The van der Waals surface area contributed by atoms with Gasteiger partial charge in [0.05, 0.1) is 6.04 Å². The molecule has 1 saturated heterocycles. The number of fused-ring (bicyclic) bond motifs is 1. The standard InChI is InChI=1S/C20H24N2O3S2/c23-20(21-17-10-6-8-15-7-2-3-9-16(15)17)19-18(11-14-26-19)27(24,25)22-12-4-1-5-13-22/h2-3,7,9,11,14,17H,1,4-6,8,10,12-13H2,(H,21,23)/t17-/m1/s1. The molecule has 2 heterocycles. The van der Waals surface area contributed by atoms with Gasteiger partial charge in [-0.1, -0.05) is 30.7 Å². The molecule has 1 aliphatic carbocycles. The molecule has 0 spiro atoms. The van der Waals surface area contributed by atoms with Gasteiger partial charge >= 0.3 is 0 Å². The fraction of sp³-hybridized carbons (Fsp3) is 0.450. The minimum absolute atomic E-state index is 0.0601. The molecule has 7 heteroatoms. The molecule has 27 heavy (non-hydrogen) atoms. The van der Waals surface area contributed by atoms with Crippen LogP contribution in [0.15, 0.2) is 40.6 Å². The molecule has 2 aromatic rings. The molecule has 0 saturated carbocycles. The first-order valence-corrected chi connectivity index (χ1v) is 11.9. The molecule has 0 unspecified atom stereocenters. The summed E-state index contributed by atoms with van der Waals surface area (Å²) in [6.07, 6.45) is 5.74. The maximum atomic E-state index is 13.0. The maximum Gasteiger partial charge on any atom is 0.263 e. The zero-order valence-corrected chi connectivity index (χ0v) is 16.8. The number of rotatable bonds is 4. The maximum absolute atomic E-state index is 13.0. The first-order chi connectivity index (χ1) is 13.1. The lowest BCUT2D eigenvalue weighted by molar-refractivity contribution is 0.0933. The molecular weight excluding hydrogens is 380 g/mol. The van der Waals surface area contributed by atoms with Crippen molar-refractivity contribution < 1.29 is 13.2 Å². The molecule has 1 aromatic heterocycles. The van der Waals surface area contributed by atoms with E-state index in [4.69, 9.17) is 0 Å². The molecule has 4 rings (SSSR count). The van der Waals surface area contributed by atoms with E-state index in [2.05, 4.69) is 17.4 Å². The van der Waals surface area contributed by atoms with Crippen molar-refractivity contribution in [3.8, 4) is 0 Å². The third-order valence-electron chi connectivity index (χ3n) is 5.44. The molecular formula is C20H24N2O3S2. The number of sulfonamides is 1. The molecule has 1 atom stereocenters. The minimum Gasteiger partial charge on any atom is -0.344 e. The molecule has 1 aromatic carbocycles. The van der Waals surface area contributed by atoms with E-state index in [0.29, 0.717) is 18.0 Å². The van der Waals surface area contributed by atoms with Crippen molar-refractivity contribution in [2.24, 2.45) is 0 Å². The lowest BCUT2D eigenvalue weighted by Gasteiger charge is -2.27. The Morgan fingerprint density at radius 2 is 1.85 bits per heavy atom. The van der Waals surface area contributed by atoms with Crippen LogP contribution in [0.25, 0.3) is 0 Å². The Kier molecular flexibility index (Phi) is 5.34. The first-order valence-electron chi connectivity index (χ1n) is 9.53. The molecule has 1 fully saturated rings. The summed E-state index contributed by atoms with van der Waals surface area (Å²) in [6.45, 7) is 1.07. The molecule has 0 radical (unpaired) electrons. The fourth-order valence-corrected chi connectivity index (χ4v) is 6.86. The van der Waals surface area contributed by atoms with Gasteiger partial charge in [0, 0.05) is 13.1 Å². The molecule has 1 aliphatic heterocycles. The second-order valence-electron chi connectivity index (χ2n) is 7.20. The number of thiophene rings is 1. The van der Waals surface area contributed by atoms with E-state index in [1.54, 1.807) is 11.4 Å². The van der Waals surface area contributed by atoms with Gasteiger partial charge < -0.3 is 5.32 Å². The van der Waals surface area contributed by atoms with Crippen LogP contribution in [0, 0.1) is 0 Å². The van der Waals surface area contributed by atoms with Gasteiger partial charge in [-0.15, -0.1) is 11.3 Å². The van der Waals surface area contributed by atoms with Gasteiger partial charge in [0.25, 0.3) is 5.91 Å². The quantitative estimate of drug-likeness (QED) is 0.844. The highest BCUT2D eigenvalue weighted by Crippen LogP contribution is 2.32. The number of hydrogen-bond donors (Lipinski definition) is 1. The van der Waals surface area contributed by atoms with Crippen molar-refractivity contribution in [2.45, 2.75) is 49.5 Å². The summed E-state index contributed by atoms with van der Waals surface area (Å²) >= 11 is 1.20. The minimum atomic E-state index is -3.61. The van der Waals surface area contributed by atoms with E-state index in [1.165, 1.54) is 21.2 Å². The Hall–Kier alpha value is -1.70. The SMILES string of the molecule is O=C(N[C@@H]1CCCc2ccccc21)c1sccc1S(=O)(=O)N1CCCCC1. The van der Waals surface area contributed by atoms with Crippen molar-refractivity contribution >= 4 is 27.3 Å². The number of carbonyl (C=O) groups excluding carboxylic acids is 1. The van der Waals surface area contributed by atoms with E-state index >= 15 is 0 Å². The normalized spacial score (nSPS) is 20.8. The van der Waals surface area contributed by atoms with Crippen LogP contribution in [0.5, 0.6) is 0 Å². The van der Waals surface area contributed by atoms with E-state index in [1.807, 2.05) is 12.1 Å². The van der Waals surface area contributed by atoms with Gasteiger partial charge in [0.2, 0.25) is 10.0 Å². The van der Waals surface area contributed by atoms with Crippen LogP contribution in [0.2, 0.25) is 0 Å². The number of aryl methyl sites for hydroxylation is 1. The van der Waals surface area contributed by atoms with Crippen LogP contribution in [-0.2, 0) is 16.4 Å². The topological polar surface area (TPSA) is 66.5 Å². The summed E-state index contributed by atoms with van der Waals surface area (Å²) in [4.78, 5) is 13.4. The van der Waals surface area contributed by atoms with Gasteiger partial charge in [0.15, 0.2) is 0 Å². The van der Waals surface area contributed by atoms with Gasteiger partial charge in [-0.25, -0.2) is 8.42 Å². The van der Waals surface area contributed by atoms with Gasteiger partial charge in [-0.05, 0) is 54.7 Å². The number of nitrogens with zero attached hydrogens (tertiary/aromatic N) is 1.